The third kappa shape index (κ3) is 1.88. The second kappa shape index (κ2) is 4.53. The predicted octanol–water partition coefficient (Wildman–Crippen LogP) is 1.85. The summed E-state index contributed by atoms with van der Waals surface area (Å²) in [6.07, 6.45) is 0. The lowest BCUT2D eigenvalue weighted by Gasteiger charge is -2.26. The molecule has 0 aliphatic rings. The molecular weight excluding hydrogens is 208 g/mol. The summed E-state index contributed by atoms with van der Waals surface area (Å²) in [6.45, 7) is 3.03. The normalized spacial score (nSPS) is 14.2. The van der Waals surface area contributed by atoms with Crippen molar-refractivity contribution in [3.63, 3.8) is 0 Å². The van der Waals surface area contributed by atoms with Crippen LogP contribution in [0.5, 0.6) is 11.5 Å². The van der Waals surface area contributed by atoms with Crippen LogP contribution in [0.3, 0.4) is 0 Å². The van der Waals surface area contributed by atoms with Gasteiger partial charge in [-0.2, -0.15) is 0 Å². The molecule has 16 heavy (non-hydrogen) atoms. The number of carbonyl (C=O) groups is 1. The molecule has 1 N–H and O–H groups in total. The molecule has 0 bridgehead atoms. The molecule has 0 saturated carbocycles. The highest BCUT2D eigenvalue weighted by molar-refractivity contribution is 5.87. The third-order valence-electron chi connectivity index (χ3n) is 2.81. The van der Waals surface area contributed by atoms with Gasteiger partial charge in [0.1, 0.15) is 0 Å². The van der Waals surface area contributed by atoms with E-state index in [4.69, 9.17) is 9.47 Å². The molecule has 4 nitrogen and oxygen atoms in total. The van der Waals surface area contributed by atoms with E-state index in [1.807, 2.05) is 0 Å². The largest absolute Gasteiger partial charge is 0.504 e. The number of hydrogen-bond acceptors (Lipinski definition) is 4. The highest BCUT2D eigenvalue weighted by Crippen LogP contribution is 2.38. The van der Waals surface area contributed by atoms with Gasteiger partial charge < -0.3 is 14.6 Å². The molecule has 1 rings (SSSR count). The van der Waals surface area contributed by atoms with E-state index in [-0.39, 0.29) is 11.5 Å². The van der Waals surface area contributed by atoms with Gasteiger partial charge in [0.2, 0.25) is 0 Å². The van der Waals surface area contributed by atoms with E-state index in [0.29, 0.717) is 11.3 Å². The minimum absolute atomic E-state index is 0.0652. The van der Waals surface area contributed by atoms with E-state index in [2.05, 4.69) is 0 Å². The Bertz CT molecular complexity index is 400. The topological polar surface area (TPSA) is 55.8 Å². The number of ketones is 1. The van der Waals surface area contributed by atoms with Crippen molar-refractivity contribution < 1.29 is 19.4 Å². The molecule has 0 spiro atoms. The summed E-state index contributed by atoms with van der Waals surface area (Å²) in [5.74, 6) is 0.0742. The van der Waals surface area contributed by atoms with Crippen molar-refractivity contribution in [2.75, 3.05) is 14.2 Å². The SMILES string of the molecule is COc1cccc(C(C)(OC)C(C)=O)c1O. The second-order valence-corrected chi connectivity index (χ2v) is 3.65. The fourth-order valence-electron chi connectivity index (χ4n) is 1.52. The van der Waals surface area contributed by atoms with Crippen molar-refractivity contribution in [3.8, 4) is 11.5 Å². The van der Waals surface area contributed by atoms with Crippen LogP contribution in [-0.2, 0) is 15.1 Å². The van der Waals surface area contributed by atoms with Gasteiger partial charge in [-0.1, -0.05) is 12.1 Å². The Balaban J connectivity index is 3.37. The Morgan fingerprint density at radius 2 is 2.00 bits per heavy atom. The van der Waals surface area contributed by atoms with Crippen molar-refractivity contribution >= 4 is 5.78 Å². The molecule has 1 aromatic carbocycles. The monoisotopic (exact) mass is 224 g/mol. The van der Waals surface area contributed by atoms with Gasteiger partial charge in [-0.15, -0.1) is 0 Å². The number of para-hydroxylation sites is 1. The number of benzene rings is 1. The molecule has 0 saturated heterocycles. The third-order valence-corrected chi connectivity index (χ3v) is 2.81. The highest BCUT2D eigenvalue weighted by atomic mass is 16.5. The maximum absolute atomic E-state index is 11.6. The minimum Gasteiger partial charge on any atom is -0.504 e. The first-order valence-electron chi connectivity index (χ1n) is 4.90. The summed E-state index contributed by atoms with van der Waals surface area (Å²) in [4.78, 5) is 11.6. The number of phenols is 1. The fraction of sp³-hybridized carbons (Fsp3) is 0.417. The molecule has 0 amide bonds. The summed E-state index contributed by atoms with van der Waals surface area (Å²) in [5, 5.41) is 9.95. The first-order valence-corrected chi connectivity index (χ1v) is 4.90. The smallest absolute Gasteiger partial charge is 0.165 e. The van der Waals surface area contributed by atoms with Crippen LogP contribution < -0.4 is 4.74 Å². The molecule has 0 fully saturated rings. The molecule has 0 radical (unpaired) electrons. The van der Waals surface area contributed by atoms with E-state index in [1.54, 1.807) is 25.1 Å². The van der Waals surface area contributed by atoms with Crippen molar-refractivity contribution in [3.05, 3.63) is 23.8 Å². The van der Waals surface area contributed by atoms with E-state index in [9.17, 15) is 9.90 Å². The molecule has 1 atom stereocenters. The lowest BCUT2D eigenvalue weighted by Crippen LogP contribution is -2.32. The fourth-order valence-corrected chi connectivity index (χ4v) is 1.52. The van der Waals surface area contributed by atoms with Crippen LogP contribution in [0.1, 0.15) is 19.4 Å². The van der Waals surface area contributed by atoms with Gasteiger partial charge in [-0.05, 0) is 19.9 Å². The second-order valence-electron chi connectivity index (χ2n) is 3.65. The van der Waals surface area contributed by atoms with Gasteiger partial charge >= 0.3 is 0 Å². The highest BCUT2D eigenvalue weighted by Gasteiger charge is 2.35. The molecular formula is C12H16O4. The lowest BCUT2D eigenvalue weighted by molar-refractivity contribution is -0.138. The molecule has 0 aliphatic carbocycles. The Morgan fingerprint density at radius 3 is 2.44 bits per heavy atom. The zero-order valence-electron chi connectivity index (χ0n) is 9.90. The van der Waals surface area contributed by atoms with E-state index < -0.39 is 5.60 Å². The minimum atomic E-state index is -1.15. The van der Waals surface area contributed by atoms with Gasteiger partial charge in [0.05, 0.1) is 7.11 Å². The van der Waals surface area contributed by atoms with Crippen LogP contribution in [0.4, 0.5) is 0 Å². The first-order chi connectivity index (χ1) is 7.47. The van der Waals surface area contributed by atoms with Crippen LogP contribution in [0.2, 0.25) is 0 Å². The number of Topliss-reactive ketones (excluding diaryl/α,β-unsaturated/α-hetero) is 1. The van der Waals surface area contributed by atoms with E-state index in [1.165, 1.54) is 21.1 Å². The molecule has 0 aliphatic heterocycles. The quantitative estimate of drug-likeness (QED) is 0.848. The van der Waals surface area contributed by atoms with Gasteiger partial charge in [0.15, 0.2) is 22.9 Å². The molecule has 0 aromatic heterocycles. The molecule has 88 valence electrons. The summed E-state index contributed by atoms with van der Waals surface area (Å²) < 4.78 is 10.2. The standard InChI is InChI=1S/C12H16O4/c1-8(13)12(2,16-4)9-6-5-7-10(15-3)11(9)14/h5-7,14H,1-4H3. The Labute approximate surface area is 94.8 Å². The molecule has 1 aromatic rings. The summed E-state index contributed by atoms with van der Waals surface area (Å²) >= 11 is 0. The summed E-state index contributed by atoms with van der Waals surface area (Å²) in [5.41, 5.74) is -0.750. The van der Waals surface area contributed by atoms with Gasteiger partial charge in [0.25, 0.3) is 0 Å². The van der Waals surface area contributed by atoms with Gasteiger partial charge in [0, 0.05) is 12.7 Å². The van der Waals surface area contributed by atoms with Crippen molar-refractivity contribution in [2.45, 2.75) is 19.4 Å². The summed E-state index contributed by atoms with van der Waals surface area (Å²) in [7, 11) is 2.89. The van der Waals surface area contributed by atoms with Crippen molar-refractivity contribution in [1.29, 1.82) is 0 Å². The molecule has 0 heterocycles. The number of carbonyl (C=O) groups excluding carboxylic acids is 1. The van der Waals surface area contributed by atoms with E-state index >= 15 is 0 Å². The summed E-state index contributed by atoms with van der Waals surface area (Å²) in [6, 6.07) is 4.96. The van der Waals surface area contributed by atoms with Gasteiger partial charge in [-0.25, -0.2) is 0 Å². The average Bonchev–Trinajstić information content (AvgIpc) is 2.28. The van der Waals surface area contributed by atoms with Crippen LogP contribution in [0.25, 0.3) is 0 Å². The number of phenolic OH excluding ortho intramolecular Hbond substituents is 1. The maximum atomic E-state index is 11.6. The maximum Gasteiger partial charge on any atom is 0.165 e. The first kappa shape index (κ1) is 12.5. The predicted molar refractivity (Wildman–Crippen MR) is 59.7 cm³/mol. The molecule has 4 heteroatoms. The van der Waals surface area contributed by atoms with Gasteiger partial charge in [-0.3, -0.25) is 4.79 Å². The van der Waals surface area contributed by atoms with Crippen LogP contribution in [-0.4, -0.2) is 25.1 Å². The number of methoxy groups -OCH3 is 2. The average molecular weight is 224 g/mol. The van der Waals surface area contributed by atoms with Crippen molar-refractivity contribution in [1.82, 2.24) is 0 Å². The van der Waals surface area contributed by atoms with Crippen molar-refractivity contribution in [2.24, 2.45) is 0 Å². The van der Waals surface area contributed by atoms with Crippen LogP contribution in [0.15, 0.2) is 18.2 Å². The number of ether oxygens (including phenoxy) is 2. The zero-order valence-corrected chi connectivity index (χ0v) is 9.90. The number of hydrogen-bond donors (Lipinski definition) is 1. The number of rotatable bonds is 4. The van der Waals surface area contributed by atoms with Crippen LogP contribution in [0, 0.1) is 0 Å². The van der Waals surface area contributed by atoms with Crippen LogP contribution >= 0.6 is 0 Å². The Kier molecular flexibility index (Phi) is 3.55. The lowest BCUT2D eigenvalue weighted by atomic mass is 9.91. The Morgan fingerprint density at radius 1 is 1.38 bits per heavy atom. The van der Waals surface area contributed by atoms with E-state index in [0.717, 1.165) is 0 Å². The number of aromatic hydroxyl groups is 1. The zero-order chi connectivity index (χ0) is 12.3. The molecule has 1 unspecified atom stereocenters. The Hall–Kier alpha value is -1.55.